The highest BCUT2D eigenvalue weighted by Gasteiger charge is 2.20. The standard InChI is InChI=1S/C23H31NO4/c1-7-18(16-12-13-20(26-5)21(14-16)27-6)24-22(25)15-28-19-11-9-8-10-17(19)23(2,3)4/h8-14,18H,7,15H2,1-6H3,(H,24,25). The summed E-state index contributed by atoms with van der Waals surface area (Å²) in [6.45, 7) is 8.37. The first kappa shape index (κ1) is 21.6. The average Bonchev–Trinajstić information content (AvgIpc) is 2.69. The highest BCUT2D eigenvalue weighted by Crippen LogP contribution is 2.32. The predicted molar refractivity (Wildman–Crippen MR) is 111 cm³/mol. The zero-order valence-corrected chi connectivity index (χ0v) is 17.7. The summed E-state index contributed by atoms with van der Waals surface area (Å²) < 4.78 is 16.5. The van der Waals surface area contributed by atoms with Gasteiger partial charge in [-0.2, -0.15) is 0 Å². The lowest BCUT2D eigenvalue weighted by Crippen LogP contribution is -2.32. The van der Waals surface area contributed by atoms with Crippen molar-refractivity contribution in [1.29, 1.82) is 0 Å². The number of methoxy groups -OCH3 is 2. The van der Waals surface area contributed by atoms with Gasteiger partial charge in [0.25, 0.3) is 5.91 Å². The predicted octanol–water partition coefficient (Wildman–Crippen LogP) is 4.65. The SMILES string of the molecule is CCC(NC(=O)COc1ccccc1C(C)(C)C)c1ccc(OC)c(OC)c1. The van der Waals surface area contributed by atoms with Gasteiger partial charge in [0.05, 0.1) is 20.3 Å². The number of nitrogens with one attached hydrogen (secondary N) is 1. The Morgan fingerprint density at radius 2 is 1.68 bits per heavy atom. The van der Waals surface area contributed by atoms with Crippen molar-refractivity contribution in [2.75, 3.05) is 20.8 Å². The molecule has 28 heavy (non-hydrogen) atoms. The van der Waals surface area contributed by atoms with Crippen LogP contribution in [0.1, 0.15) is 51.3 Å². The molecule has 0 saturated carbocycles. The van der Waals surface area contributed by atoms with Crippen molar-refractivity contribution in [3.63, 3.8) is 0 Å². The largest absolute Gasteiger partial charge is 0.493 e. The van der Waals surface area contributed by atoms with E-state index >= 15 is 0 Å². The molecule has 1 unspecified atom stereocenters. The molecule has 152 valence electrons. The maximum absolute atomic E-state index is 12.5. The van der Waals surface area contributed by atoms with Gasteiger partial charge in [0.2, 0.25) is 0 Å². The summed E-state index contributed by atoms with van der Waals surface area (Å²) in [5.74, 6) is 1.88. The summed E-state index contributed by atoms with van der Waals surface area (Å²) in [6, 6.07) is 13.4. The molecule has 2 rings (SSSR count). The van der Waals surface area contributed by atoms with E-state index < -0.39 is 0 Å². The normalized spacial score (nSPS) is 12.2. The van der Waals surface area contributed by atoms with Gasteiger partial charge in [-0.15, -0.1) is 0 Å². The number of ether oxygens (including phenoxy) is 3. The number of hydrogen-bond acceptors (Lipinski definition) is 4. The molecule has 0 aliphatic carbocycles. The van der Waals surface area contributed by atoms with Gasteiger partial charge in [-0.05, 0) is 41.2 Å². The van der Waals surface area contributed by atoms with E-state index in [9.17, 15) is 4.79 Å². The van der Waals surface area contributed by atoms with Gasteiger partial charge in [0, 0.05) is 0 Å². The first-order valence-electron chi connectivity index (χ1n) is 9.53. The van der Waals surface area contributed by atoms with Crippen LogP contribution in [0.5, 0.6) is 17.2 Å². The Kier molecular flexibility index (Phi) is 7.32. The van der Waals surface area contributed by atoms with E-state index in [1.165, 1.54) is 0 Å². The highest BCUT2D eigenvalue weighted by atomic mass is 16.5. The second-order valence-corrected chi connectivity index (χ2v) is 7.68. The van der Waals surface area contributed by atoms with E-state index in [1.807, 2.05) is 49.4 Å². The summed E-state index contributed by atoms with van der Waals surface area (Å²) in [4.78, 5) is 12.5. The highest BCUT2D eigenvalue weighted by molar-refractivity contribution is 5.78. The van der Waals surface area contributed by atoms with Gasteiger partial charge in [0.1, 0.15) is 5.75 Å². The van der Waals surface area contributed by atoms with Crippen molar-refractivity contribution in [3.05, 3.63) is 53.6 Å². The molecule has 1 amide bonds. The lowest BCUT2D eigenvalue weighted by Gasteiger charge is -2.23. The topological polar surface area (TPSA) is 56.8 Å². The maximum atomic E-state index is 12.5. The van der Waals surface area contributed by atoms with E-state index in [0.717, 1.165) is 23.3 Å². The number of benzene rings is 2. The lowest BCUT2D eigenvalue weighted by atomic mass is 9.86. The first-order chi connectivity index (χ1) is 13.3. The molecule has 2 aromatic rings. The molecule has 0 fully saturated rings. The van der Waals surface area contributed by atoms with Crippen molar-refractivity contribution in [1.82, 2.24) is 5.32 Å². The Morgan fingerprint density at radius 3 is 2.29 bits per heavy atom. The van der Waals surface area contributed by atoms with Gasteiger partial charge in [-0.25, -0.2) is 0 Å². The minimum atomic E-state index is -0.162. The summed E-state index contributed by atoms with van der Waals surface area (Å²) in [7, 11) is 3.20. The number of para-hydroxylation sites is 1. The van der Waals surface area contributed by atoms with Crippen LogP contribution in [0.25, 0.3) is 0 Å². The van der Waals surface area contributed by atoms with Crippen LogP contribution in [0.3, 0.4) is 0 Å². The molecule has 2 aromatic carbocycles. The molecule has 0 aliphatic rings. The molecule has 1 atom stereocenters. The van der Waals surface area contributed by atoms with Crippen LogP contribution in [-0.4, -0.2) is 26.7 Å². The zero-order chi connectivity index (χ0) is 20.7. The Labute approximate surface area is 168 Å². The van der Waals surface area contributed by atoms with Crippen LogP contribution < -0.4 is 19.5 Å². The fourth-order valence-corrected chi connectivity index (χ4v) is 3.08. The van der Waals surface area contributed by atoms with Gasteiger partial charge in [-0.3, -0.25) is 4.79 Å². The second-order valence-electron chi connectivity index (χ2n) is 7.68. The van der Waals surface area contributed by atoms with Gasteiger partial charge >= 0.3 is 0 Å². The van der Waals surface area contributed by atoms with Gasteiger partial charge in [-0.1, -0.05) is 52.0 Å². The van der Waals surface area contributed by atoms with Gasteiger partial charge in [0.15, 0.2) is 18.1 Å². The molecule has 0 saturated heterocycles. The molecule has 0 radical (unpaired) electrons. The summed E-state index contributed by atoms with van der Waals surface area (Å²) in [6.07, 6.45) is 0.750. The summed E-state index contributed by atoms with van der Waals surface area (Å²) in [5, 5.41) is 3.04. The fraction of sp³-hybridized carbons (Fsp3) is 0.435. The third-order valence-electron chi connectivity index (χ3n) is 4.61. The maximum Gasteiger partial charge on any atom is 0.258 e. The number of rotatable bonds is 8. The fourth-order valence-electron chi connectivity index (χ4n) is 3.08. The quantitative estimate of drug-likeness (QED) is 0.719. The minimum absolute atomic E-state index is 0.0309. The van der Waals surface area contributed by atoms with Crippen molar-refractivity contribution in [3.8, 4) is 17.2 Å². The van der Waals surface area contributed by atoms with E-state index in [2.05, 4.69) is 26.1 Å². The van der Waals surface area contributed by atoms with E-state index in [0.29, 0.717) is 11.5 Å². The van der Waals surface area contributed by atoms with Crippen LogP contribution in [0.4, 0.5) is 0 Å². The third kappa shape index (κ3) is 5.41. The molecule has 5 nitrogen and oxygen atoms in total. The number of carbonyl (C=O) groups excluding carboxylic acids is 1. The third-order valence-corrected chi connectivity index (χ3v) is 4.61. The van der Waals surface area contributed by atoms with E-state index in [4.69, 9.17) is 14.2 Å². The number of carbonyl (C=O) groups is 1. The van der Waals surface area contributed by atoms with E-state index in [-0.39, 0.29) is 24.0 Å². The number of amides is 1. The summed E-state index contributed by atoms with van der Waals surface area (Å²) >= 11 is 0. The molecule has 0 aliphatic heterocycles. The Balaban J connectivity index is 2.06. The number of hydrogen-bond donors (Lipinski definition) is 1. The van der Waals surface area contributed by atoms with Gasteiger partial charge < -0.3 is 19.5 Å². The lowest BCUT2D eigenvalue weighted by molar-refractivity contribution is -0.123. The van der Waals surface area contributed by atoms with Crippen LogP contribution in [0, 0.1) is 0 Å². The van der Waals surface area contributed by atoms with Crippen molar-refractivity contribution >= 4 is 5.91 Å². The molecule has 1 N–H and O–H groups in total. The molecule has 0 bridgehead atoms. The Bertz CT molecular complexity index is 795. The van der Waals surface area contributed by atoms with Crippen LogP contribution >= 0.6 is 0 Å². The Hall–Kier alpha value is -2.69. The molecule has 5 heteroatoms. The second kappa shape index (κ2) is 9.49. The summed E-state index contributed by atoms with van der Waals surface area (Å²) in [5.41, 5.74) is 1.98. The van der Waals surface area contributed by atoms with Crippen molar-refractivity contribution in [2.45, 2.75) is 45.6 Å². The van der Waals surface area contributed by atoms with Crippen LogP contribution in [0.15, 0.2) is 42.5 Å². The molecule has 0 heterocycles. The molecule has 0 spiro atoms. The van der Waals surface area contributed by atoms with Crippen LogP contribution in [0.2, 0.25) is 0 Å². The Morgan fingerprint density at radius 1 is 1.00 bits per heavy atom. The monoisotopic (exact) mass is 385 g/mol. The molecular weight excluding hydrogens is 354 g/mol. The zero-order valence-electron chi connectivity index (χ0n) is 17.7. The first-order valence-corrected chi connectivity index (χ1v) is 9.53. The van der Waals surface area contributed by atoms with E-state index in [1.54, 1.807) is 14.2 Å². The van der Waals surface area contributed by atoms with Crippen LogP contribution in [-0.2, 0) is 10.2 Å². The molecular formula is C23H31NO4. The molecule has 0 aromatic heterocycles. The van der Waals surface area contributed by atoms with Crippen molar-refractivity contribution < 1.29 is 19.0 Å². The smallest absolute Gasteiger partial charge is 0.258 e. The van der Waals surface area contributed by atoms with Crippen molar-refractivity contribution in [2.24, 2.45) is 0 Å². The minimum Gasteiger partial charge on any atom is -0.493 e. The average molecular weight is 386 g/mol.